The Bertz CT molecular complexity index is 1900. The second-order valence-corrected chi connectivity index (χ2v) is 11.7. The third kappa shape index (κ3) is 6.59. The van der Waals surface area contributed by atoms with Crippen molar-refractivity contribution in [2.45, 2.75) is 70.6 Å². The van der Waals surface area contributed by atoms with E-state index in [0.29, 0.717) is 58.6 Å². The van der Waals surface area contributed by atoms with Crippen LogP contribution in [0.15, 0.2) is 62.9 Å². The van der Waals surface area contributed by atoms with Crippen LogP contribution in [0.1, 0.15) is 62.9 Å². The molecule has 2 N–H and O–H groups in total. The molecule has 1 fully saturated rings. The third-order valence-electron chi connectivity index (χ3n) is 7.77. The summed E-state index contributed by atoms with van der Waals surface area (Å²) in [7, 11) is 0. The number of nitrogens with zero attached hydrogens (tertiary/aromatic N) is 5. The van der Waals surface area contributed by atoms with Gasteiger partial charge < -0.3 is 9.84 Å². The average molecular weight is 629 g/mol. The van der Waals surface area contributed by atoms with Crippen LogP contribution in [0.3, 0.4) is 0 Å². The molecule has 2 aromatic carbocycles. The van der Waals surface area contributed by atoms with Gasteiger partial charge in [0.15, 0.2) is 5.82 Å². The Kier molecular flexibility index (Phi) is 9.85. The van der Waals surface area contributed by atoms with E-state index in [1.54, 1.807) is 47.2 Å². The van der Waals surface area contributed by atoms with Gasteiger partial charge in [0.25, 0.3) is 5.56 Å². The molecule has 0 unspecified atom stereocenters. The molecule has 1 aliphatic rings. The average Bonchev–Trinajstić information content (AvgIpc) is 3.61. The monoisotopic (exact) mass is 628 g/mol. The summed E-state index contributed by atoms with van der Waals surface area (Å²) in [6, 6.07) is 11.9. The van der Waals surface area contributed by atoms with Crippen LogP contribution in [0.2, 0.25) is 0 Å². The van der Waals surface area contributed by atoms with Crippen LogP contribution >= 0.6 is 0 Å². The fraction of sp³-hybridized carbons (Fsp3) is 0.387. The minimum absolute atomic E-state index is 0. The molecule has 226 valence electrons. The summed E-state index contributed by atoms with van der Waals surface area (Å²) in [5.74, 6) is -0.429. The number of hydrogen-bond acceptors (Lipinski definition) is 8. The Morgan fingerprint density at radius 1 is 1.16 bits per heavy atom. The van der Waals surface area contributed by atoms with Crippen molar-refractivity contribution in [2.24, 2.45) is 0 Å². The Labute approximate surface area is 294 Å². The standard InChI is InChI=1S/C31H33FN6O5.K.H/c1-4-7-26-24(28(39)37(29-33-17-34-38(26)29)20-14-21(15-20)42-16-31(2,3)41)12-19-11-10-18(13-25(19)32)22-8-5-6-9-23(22)27-35-30(40)43-36-27;;/h5-6,8-11,13,17,20-21,41H,4,7,12,14-16H2,1-3H3,(H,35,36,40);;/t20-,21+;;. The molecule has 0 bridgehead atoms. The fourth-order valence-corrected chi connectivity index (χ4v) is 5.62. The molecule has 13 heteroatoms. The zero-order valence-electron chi connectivity index (χ0n) is 24.2. The van der Waals surface area contributed by atoms with Crippen LogP contribution in [0, 0.1) is 5.82 Å². The zero-order valence-corrected chi connectivity index (χ0v) is 24.2. The molecule has 11 nitrogen and oxygen atoms in total. The van der Waals surface area contributed by atoms with Crippen molar-refractivity contribution in [3.05, 3.63) is 92.3 Å². The SMILES string of the molecule is CCCc1c(Cc2ccc(-c3ccccc3-c3noc(=O)[nH]3)cc2F)c(=O)n([C@H]2C[C@@H](OCC(C)(C)O)C2)c2ncnn12.[KH]. The molecular weight excluding hydrogens is 594 g/mol. The minimum atomic E-state index is -0.937. The van der Waals surface area contributed by atoms with E-state index in [4.69, 9.17) is 4.74 Å². The van der Waals surface area contributed by atoms with Gasteiger partial charge in [0.05, 0.1) is 24.0 Å². The number of H-pyrrole nitrogens is 1. The Morgan fingerprint density at radius 2 is 1.91 bits per heavy atom. The van der Waals surface area contributed by atoms with Gasteiger partial charge in [-0.3, -0.25) is 18.9 Å². The quantitative estimate of drug-likeness (QED) is 0.224. The second-order valence-electron chi connectivity index (χ2n) is 11.7. The molecule has 0 amide bonds. The van der Waals surface area contributed by atoms with Crippen molar-refractivity contribution >= 4 is 57.2 Å². The molecule has 1 aliphatic carbocycles. The first-order valence-corrected chi connectivity index (χ1v) is 14.4. The molecule has 5 aromatic rings. The summed E-state index contributed by atoms with van der Waals surface area (Å²) in [6.45, 7) is 5.60. The fourth-order valence-electron chi connectivity index (χ4n) is 5.62. The maximum atomic E-state index is 15.8. The number of halogens is 1. The van der Waals surface area contributed by atoms with Crippen LogP contribution in [-0.4, -0.2) is 104 Å². The van der Waals surface area contributed by atoms with E-state index in [9.17, 15) is 14.7 Å². The van der Waals surface area contributed by atoms with E-state index in [1.165, 1.54) is 12.4 Å². The number of aromatic amines is 1. The van der Waals surface area contributed by atoms with Gasteiger partial charge in [0, 0.05) is 23.6 Å². The number of fused-ring (bicyclic) bond motifs is 1. The van der Waals surface area contributed by atoms with Crippen molar-refractivity contribution < 1.29 is 18.8 Å². The van der Waals surface area contributed by atoms with Crippen molar-refractivity contribution in [3.8, 4) is 22.5 Å². The summed E-state index contributed by atoms with van der Waals surface area (Å²) in [6.07, 6.45) is 3.99. The van der Waals surface area contributed by atoms with E-state index in [-0.39, 0.29) is 87.9 Å². The summed E-state index contributed by atoms with van der Waals surface area (Å²) in [5.41, 5.74) is 2.27. The third-order valence-corrected chi connectivity index (χ3v) is 7.77. The molecule has 44 heavy (non-hydrogen) atoms. The van der Waals surface area contributed by atoms with Gasteiger partial charge in [0.1, 0.15) is 12.1 Å². The van der Waals surface area contributed by atoms with E-state index >= 15 is 4.39 Å². The molecule has 1 saturated carbocycles. The van der Waals surface area contributed by atoms with Crippen LogP contribution in [-0.2, 0) is 17.6 Å². The van der Waals surface area contributed by atoms with E-state index in [0.717, 1.165) is 6.42 Å². The van der Waals surface area contributed by atoms with Gasteiger partial charge in [-0.2, -0.15) is 10.1 Å². The molecule has 3 aromatic heterocycles. The summed E-state index contributed by atoms with van der Waals surface area (Å²) in [5, 5.41) is 18.2. The molecule has 0 radical (unpaired) electrons. The molecule has 0 spiro atoms. The molecule has 0 atom stereocenters. The number of rotatable bonds is 10. The maximum absolute atomic E-state index is 15.8. The Morgan fingerprint density at radius 3 is 2.57 bits per heavy atom. The van der Waals surface area contributed by atoms with Crippen molar-refractivity contribution in [3.63, 3.8) is 0 Å². The first-order chi connectivity index (χ1) is 20.6. The summed E-state index contributed by atoms with van der Waals surface area (Å²) in [4.78, 5) is 32.5. The first-order valence-electron chi connectivity index (χ1n) is 14.4. The van der Waals surface area contributed by atoms with Crippen molar-refractivity contribution in [2.75, 3.05) is 6.61 Å². The first kappa shape index (κ1) is 32.6. The van der Waals surface area contributed by atoms with Gasteiger partial charge in [-0.1, -0.05) is 54.9 Å². The molecule has 0 aliphatic heterocycles. The predicted molar refractivity (Wildman–Crippen MR) is 163 cm³/mol. The van der Waals surface area contributed by atoms with Gasteiger partial charge >= 0.3 is 57.1 Å². The van der Waals surface area contributed by atoms with E-state index in [2.05, 4.69) is 24.7 Å². The number of ether oxygens (including phenoxy) is 1. The number of nitrogens with one attached hydrogen (secondary N) is 1. The van der Waals surface area contributed by atoms with Crippen molar-refractivity contribution in [1.82, 2.24) is 29.3 Å². The van der Waals surface area contributed by atoms with Crippen molar-refractivity contribution in [1.29, 1.82) is 0 Å². The molecule has 6 rings (SSSR count). The number of aromatic nitrogens is 6. The van der Waals surface area contributed by atoms with Crippen LogP contribution in [0.25, 0.3) is 28.3 Å². The van der Waals surface area contributed by atoms with E-state index in [1.807, 2.05) is 19.1 Å². The van der Waals surface area contributed by atoms with Crippen LogP contribution in [0.4, 0.5) is 4.39 Å². The van der Waals surface area contributed by atoms with Gasteiger partial charge in [0.2, 0.25) is 5.78 Å². The number of hydrogen-bond donors (Lipinski definition) is 2. The number of aliphatic hydroxyl groups is 1. The zero-order chi connectivity index (χ0) is 30.3. The molecule has 3 heterocycles. The van der Waals surface area contributed by atoms with Crippen LogP contribution < -0.4 is 11.3 Å². The normalized spacial score (nSPS) is 16.6. The number of benzene rings is 2. The van der Waals surface area contributed by atoms with Gasteiger partial charge in [-0.15, -0.1) is 0 Å². The Balaban J connectivity index is 0.00000384. The predicted octanol–water partition coefficient (Wildman–Crippen LogP) is 3.43. The van der Waals surface area contributed by atoms with Gasteiger partial charge in [-0.25, -0.2) is 13.7 Å². The summed E-state index contributed by atoms with van der Waals surface area (Å²) >= 11 is 0. The topological polar surface area (TPSA) is 141 Å². The van der Waals surface area contributed by atoms with Gasteiger partial charge in [-0.05, 0) is 55.9 Å². The van der Waals surface area contributed by atoms with Crippen LogP contribution in [0.5, 0.6) is 0 Å². The molecule has 0 saturated heterocycles. The molecular formula is C31H34FKN6O5. The van der Waals surface area contributed by atoms with E-state index < -0.39 is 17.2 Å². The second kappa shape index (κ2) is 13.3. The Hall–Kier alpha value is -2.78. The number of aryl methyl sites for hydroxylation is 1. The summed E-state index contributed by atoms with van der Waals surface area (Å²) < 4.78 is 29.6.